The summed E-state index contributed by atoms with van der Waals surface area (Å²) in [7, 11) is -1.13. The quantitative estimate of drug-likeness (QED) is 0.0134. The van der Waals surface area contributed by atoms with Crippen molar-refractivity contribution in [2.24, 2.45) is 0 Å². The molecule has 2 aliphatic heterocycles. The van der Waals surface area contributed by atoms with Crippen LogP contribution in [0.1, 0.15) is 84.7 Å². The number of carbonyl (C=O) groups is 5. The number of nitrogens with zero attached hydrogens (tertiary/aromatic N) is 3. The smallest absolute Gasteiger partial charge is 0.409 e. The Morgan fingerprint density at radius 2 is 1.19 bits per heavy atom. The Hall–Kier alpha value is -7.66. The Kier molecular flexibility index (Phi) is 28.5. The van der Waals surface area contributed by atoms with Crippen molar-refractivity contribution >= 4 is 43.3 Å². The fourth-order valence-corrected chi connectivity index (χ4v) is 13.2. The number of para-hydroxylation sites is 1. The maximum absolute atomic E-state index is 15.7. The molecule has 0 radical (unpaired) electrons. The van der Waals surface area contributed by atoms with Crippen molar-refractivity contribution in [2.75, 3.05) is 92.2 Å². The lowest BCUT2D eigenvalue weighted by molar-refractivity contribution is -0.279. The number of nitrogens with one attached hydrogen (secondary N) is 2. The second kappa shape index (κ2) is 36.3. The average molecular weight is 1330 g/mol. The number of hydrogen-bond donors (Lipinski definition) is 2. The van der Waals surface area contributed by atoms with Gasteiger partial charge in [0.2, 0.25) is 5.91 Å². The molecule has 1 unspecified atom stereocenters. The minimum Gasteiger partial charge on any atom is -0.497 e. The Labute approximate surface area is 546 Å². The van der Waals surface area contributed by atoms with E-state index >= 15 is 4.57 Å². The minimum atomic E-state index is -4.31. The summed E-state index contributed by atoms with van der Waals surface area (Å²) in [5, 5.41) is 5.26. The van der Waals surface area contributed by atoms with Crippen molar-refractivity contribution in [3.05, 3.63) is 149 Å². The first kappa shape index (κ1) is 73.7. The van der Waals surface area contributed by atoms with Gasteiger partial charge in [0.05, 0.1) is 73.7 Å². The molecule has 28 heteroatoms. The molecule has 27 nitrogen and oxygen atoms in total. The molecular weight excluding hydrogens is 1250 g/mol. The normalized spacial score (nSPS) is 20.3. The van der Waals surface area contributed by atoms with Crippen molar-refractivity contribution in [2.45, 2.75) is 129 Å². The minimum absolute atomic E-state index is 0.0108. The second-order valence-electron chi connectivity index (χ2n) is 22.3. The predicted octanol–water partition coefficient (Wildman–Crippen LogP) is 6.93. The van der Waals surface area contributed by atoms with Gasteiger partial charge >= 0.3 is 31.3 Å². The summed E-state index contributed by atoms with van der Waals surface area (Å²) < 4.78 is 108. The molecular formula is C66H86N5O22P. The van der Waals surface area contributed by atoms with E-state index in [1.807, 2.05) is 113 Å². The third kappa shape index (κ3) is 20.9. The van der Waals surface area contributed by atoms with Gasteiger partial charge in [-0.1, -0.05) is 72.8 Å². The van der Waals surface area contributed by atoms with Gasteiger partial charge in [-0.2, -0.15) is 4.98 Å². The van der Waals surface area contributed by atoms with E-state index < -0.39 is 97.8 Å². The number of rotatable bonds is 37. The molecule has 1 aromatic heterocycles. The third-order valence-electron chi connectivity index (χ3n) is 14.8. The number of amides is 2. The number of hydrogen-bond acceptors (Lipinski definition) is 23. The van der Waals surface area contributed by atoms with Gasteiger partial charge in [0.15, 0.2) is 25.1 Å². The van der Waals surface area contributed by atoms with Crippen LogP contribution in [-0.4, -0.2) is 186 Å². The van der Waals surface area contributed by atoms with E-state index in [1.54, 1.807) is 43.2 Å². The zero-order valence-electron chi connectivity index (χ0n) is 54.6. The Morgan fingerprint density at radius 3 is 1.72 bits per heavy atom. The molecule has 2 saturated heterocycles. The number of carbonyl (C=O) groups excluding carboxylic acids is 5. The van der Waals surface area contributed by atoms with Crippen LogP contribution in [0.5, 0.6) is 17.2 Å². The summed E-state index contributed by atoms with van der Waals surface area (Å²) in [5.41, 5.74) is 0.178. The van der Waals surface area contributed by atoms with Crippen LogP contribution in [0.15, 0.2) is 126 Å². The molecule has 512 valence electrons. The van der Waals surface area contributed by atoms with Crippen LogP contribution in [0.3, 0.4) is 0 Å². The zero-order valence-corrected chi connectivity index (χ0v) is 55.5. The number of ether oxygens (including phenoxy) is 13. The first-order valence-electron chi connectivity index (χ1n) is 30.8. The fraction of sp³-hybridized carbons (Fsp3) is 0.500. The van der Waals surface area contributed by atoms with E-state index in [-0.39, 0.29) is 97.0 Å². The van der Waals surface area contributed by atoms with E-state index in [0.29, 0.717) is 17.2 Å². The molecule has 2 N–H and O–H groups in total. The molecule has 0 bridgehead atoms. The summed E-state index contributed by atoms with van der Waals surface area (Å²) in [5.74, 6) is -1.43. The van der Waals surface area contributed by atoms with Crippen LogP contribution < -0.4 is 30.5 Å². The summed E-state index contributed by atoms with van der Waals surface area (Å²) in [6.07, 6.45) is -6.59. The summed E-state index contributed by atoms with van der Waals surface area (Å²) in [4.78, 5) is 79.4. The molecule has 2 amide bonds. The molecule has 94 heavy (non-hydrogen) atoms. The van der Waals surface area contributed by atoms with Crippen LogP contribution in [0.4, 0.5) is 5.82 Å². The predicted molar refractivity (Wildman–Crippen MR) is 339 cm³/mol. The van der Waals surface area contributed by atoms with Gasteiger partial charge in [0.25, 0.3) is 5.91 Å². The number of anilines is 1. The van der Waals surface area contributed by atoms with E-state index in [4.69, 9.17) is 70.6 Å². The molecule has 0 spiro atoms. The molecule has 7 rings (SSSR count). The second-order valence-corrected chi connectivity index (χ2v) is 24.1. The molecule has 0 saturated carbocycles. The van der Waals surface area contributed by atoms with Crippen LogP contribution >= 0.6 is 7.75 Å². The van der Waals surface area contributed by atoms with Crippen LogP contribution in [0, 0.1) is 0 Å². The lowest BCUT2D eigenvalue weighted by atomic mass is 9.80. The molecule has 5 aromatic rings. The van der Waals surface area contributed by atoms with Crippen molar-refractivity contribution in [3.8, 4) is 17.2 Å². The zero-order chi connectivity index (χ0) is 67.8. The standard InChI is InChI=1S/C66H86N5O22P/c1-43(2)71(44(3)4)94(78,88-38-36-83-34-32-81-31-33-82-35-37-84-64-61(67-45(5)72)63(90-48(8)75)62(89-47(7)74)57(92-64)40-85-46(6)73)93-55-39-60(70-30-29-58(69-65(70)77)68-59(76)42-86-54-19-15-12-16-20-54)91-56(55)41-87-66(49-17-13-11-14-18-49,50-21-25-52(79-9)26-22-50)51-23-27-53(80-10)28-24-51/h11-30,43-44,55-57,60-64H,31-42H2,1-10H3,(H,67,72)(H,68,69,76,77)/t55-,56+,57+,60+,61+,62-,63+,64+,94?/m0/s1. The highest BCUT2D eigenvalue weighted by atomic mass is 31.2. The maximum Gasteiger partial charge on any atom is 0.409 e. The Balaban J connectivity index is 1.02. The van der Waals surface area contributed by atoms with Gasteiger partial charge in [-0.05, 0) is 86.8 Å². The van der Waals surface area contributed by atoms with Gasteiger partial charge in [-0.25, -0.2) is 14.0 Å². The Bertz CT molecular complexity index is 3250. The van der Waals surface area contributed by atoms with Crippen LogP contribution in [-0.2, 0) is 90.6 Å². The third-order valence-corrected chi connectivity index (χ3v) is 17.3. The summed E-state index contributed by atoms with van der Waals surface area (Å²) in [6, 6.07) is 33.1. The highest BCUT2D eigenvalue weighted by molar-refractivity contribution is 7.51. The lowest BCUT2D eigenvalue weighted by Crippen LogP contribution is -2.66. The average Bonchev–Trinajstić information content (AvgIpc) is 0.804. The van der Waals surface area contributed by atoms with Crippen molar-refractivity contribution < 1.29 is 99.2 Å². The van der Waals surface area contributed by atoms with Gasteiger partial charge < -0.3 is 72.2 Å². The monoisotopic (exact) mass is 1330 g/mol. The lowest BCUT2D eigenvalue weighted by Gasteiger charge is -2.44. The fourth-order valence-electron chi connectivity index (χ4n) is 10.9. The first-order chi connectivity index (χ1) is 45.1. The molecule has 3 heterocycles. The molecule has 2 fully saturated rings. The number of aromatic nitrogens is 2. The van der Waals surface area contributed by atoms with E-state index in [9.17, 15) is 28.8 Å². The van der Waals surface area contributed by atoms with Crippen molar-refractivity contribution in [1.82, 2.24) is 19.5 Å². The van der Waals surface area contributed by atoms with E-state index in [1.165, 1.54) is 30.7 Å². The molecule has 4 aromatic carbocycles. The number of esters is 3. The number of methoxy groups -OCH3 is 2. The maximum atomic E-state index is 15.7. The molecule has 9 atom stereocenters. The van der Waals surface area contributed by atoms with Crippen LogP contribution in [0.25, 0.3) is 0 Å². The van der Waals surface area contributed by atoms with Gasteiger partial charge in [0.1, 0.15) is 65.9 Å². The molecule has 0 aliphatic carbocycles. The summed E-state index contributed by atoms with van der Waals surface area (Å²) >= 11 is 0. The largest absolute Gasteiger partial charge is 0.497 e. The highest BCUT2D eigenvalue weighted by Crippen LogP contribution is 2.57. The van der Waals surface area contributed by atoms with Crippen molar-refractivity contribution in [3.63, 3.8) is 0 Å². The highest BCUT2D eigenvalue weighted by Gasteiger charge is 2.52. The first-order valence-corrected chi connectivity index (χ1v) is 32.3. The Morgan fingerprint density at radius 1 is 0.649 bits per heavy atom. The van der Waals surface area contributed by atoms with Gasteiger partial charge in [0, 0.05) is 52.4 Å². The van der Waals surface area contributed by atoms with Gasteiger partial charge in [-0.3, -0.25) is 37.6 Å². The SMILES string of the molecule is COc1ccc(C(OC[C@H]2O[C@@H](n3ccc(NC(=O)COc4ccccc4)nc3=O)C[C@@H]2OP(=O)(OCCOCCOCCOCCO[C@@H]2O[C@H](COC(C)=O)[C@H](OC(C)=O)[C@H](OC(C)=O)[C@H]2NC(C)=O)N(C(C)C)C(C)C)(c2ccccc2)c2ccc(OC)cc2)cc1. The summed E-state index contributed by atoms with van der Waals surface area (Å²) in [6.45, 7) is 11.7. The van der Waals surface area contributed by atoms with E-state index in [2.05, 4.69) is 15.6 Å². The van der Waals surface area contributed by atoms with Crippen LogP contribution in [0.2, 0.25) is 0 Å². The topological polar surface area (TPSA) is 303 Å². The number of benzene rings is 4. The molecule has 2 aliphatic rings. The van der Waals surface area contributed by atoms with E-state index in [0.717, 1.165) is 30.5 Å². The van der Waals surface area contributed by atoms with Gasteiger partial charge in [-0.15, -0.1) is 0 Å². The van der Waals surface area contributed by atoms with Crippen molar-refractivity contribution in [1.29, 1.82) is 0 Å².